The van der Waals surface area contributed by atoms with E-state index in [2.05, 4.69) is 10.6 Å². The summed E-state index contributed by atoms with van der Waals surface area (Å²) in [5.41, 5.74) is 2.10. The summed E-state index contributed by atoms with van der Waals surface area (Å²) < 4.78 is 5.80. The van der Waals surface area contributed by atoms with Gasteiger partial charge in [-0.25, -0.2) is 0 Å². The van der Waals surface area contributed by atoms with Gasteiger partial charge in [0, 0.05) is 19.6 Å². The minimum atomic E-state index is 0.0986. The maximum absolute atomic E-state index is 11.9. The van der Waals surface area contributed by atoms with E-state index < -0.39 is 0 Å². The number of halogens is 1. The van der Waals surface area contributed by atoms with E-state index in [9.17, 15) is 4.79 Å². The molecule has 2 aromatic carbocycles. The fourth-order valence-electron chi connectivity index (χ4n) is 2.39. The van der Waals surface area contributed by atoms with Crippen molar-refractivity contribution in [3.8, 4) is 5.75 Å². The normalized spacial score (nSPS) is 14.1. The number of nitrogens with one attached hydrogen (secondary N) is 2. The van der Waals surface area contributed by atoms with E-state index >= 15 is 0 Å². The smallest absolute Gasteiger partial charge is 0.225 e. The van der Waals surface area contributed by atoms with Crippen LogP contribution in [0.15, 0.2) is 48.5 Å². The van der Waals surface area contributed by atoms with E-state index in [4.69, 9.17) is 16.3 Å². The third kappa shape index (κ3) is 4.03. The number of carbonyl (C=O) groups is 1. The minimum absolute atomic E-state index is 0.0986. The molecule has 0 aliphatic carbocycles. The van der Waals surface area contributed by atoms with Crippen molar-refractivity contribution in [1.82, 2.24) is 10.6 Å². The highest BCUT2D eigenvalue weighted by Gasteiger charge is 2.24. The number of hydrogen-bond acceptors (Lipinski definition) is 3. The molecular formula is C18H19ClN2O2. The van der Waals surface area contributed by atoms with Crippen molar-refractivity contribution in [1.29, 1.82) is 0 Å². The molecule has 4 nitrogen and oxygen atoms in total. The summed E-state index contributed by atoms with van der Waals surface area (Å²) >= 11 is 6.10. The Labute approximate surface area is 140 Å². The van der Waals surface area contributed by atoms with Crippen molar-refractivity contribution in [2.75, 3.05) is 13.1 Å². The molecule has 5 heteroatoms. The van der Waals surface area contributed by atoms with Gasteiger partial charge in [-0.1, -0.05) is 48.0 Å². The number of ether oxygens (including phenoxy) is 1. The maximum Gasteiger partial charge on any atom is 0.225 e. The largest absolute Gasteiger partial charge is 0.487 e. The molecule has 0 spiro atoms. The minimum Gasteiger partial charge on any atom is -0.487 e. The summed E-state index contributed by atoms with van der Waals surface area (Å²) in [6.45, 7) is 2.46. The van der Waals surface area contributed by atoms with Crippen LogP contribution in [0, 0.1) is 5.92 Å². The number of para-hydroxylation sites is 1. The van der Waals surface area contributed by atoms with Gasteiger partial charge in [0.2, 0.25) is 5.91 Å². The van der Waals surface area contributed by atoms with Crippen molar-refractivity contribution in [3.63, 3.8) is 0 Å². The van der Waals surface area contributed by atoms with Crippen molar-refractivity contribution in [2.24, 2.45) is 5.92 Å². The van der Waals surface area contributed by atoms with E-state index in [1.807, 2.05) is 42.5 Å². The number of amides is 1. The SMILES string of the molecule is O=C(NCc1ccccc1COc1ccccc1Cl)C1CNC1. The van der Waals surface area contributed by atoms with Crippen LogP contribution in [0.4, 0.5) is 0 Å². The molecule has 0 radical (unpaired) electrons. The molecule has 0 bridgehead atoms. The molecule has 3 rings (SSSR count). The summed E-state index contributed by atoms with van der Waals surface area (Å²) in [5.74, 6) is 0.862. The average Bonchev–Trinajstić information content (AvgIpc) is 2.51. The van der Waals surface area contributed by atoms with Gasteiger partial charge in [0.15, 0.2) is 0 Å². The number of carbonyl (C=O) groups excluding carboxylic acids is 1. The Balaban J connectivity index is 1.61. The predicted molar refractivity (Wildman–Crippen MR) is 90.4 cm³/mol. The van der Waals surface area contributed by atoms with Gasteiger partial charge in [-0.15, -0.1) is 0 Å². The summed E-state index contributed by atoms with van der Waals surface area (Å²) in [7, 11) is 0. The molecular weight excluding hydrogens is 312 g/mol. The second-order valence-corrected chi connectivity index (χ2v) is 5.97. The second-order valence-electron chi connectivity index (χ2n) is 5.56. The quantitative estimate of drug-likeness (QED) is 0.856. The number of hydrogen-bond donors (Lipinski definition) is 2. The molecule has 0 saturated carbocycles. The first kappa shape index (κ1) is 15.8. The van der Waals surface area contributed by atoms with E-state index in [0.29, 0.717) is 23.9 Å². The van der Waals surface area contributed by atoms with Gasteiger partial charge in [0.25, 0.3) is 0 Å². The Kier molecular flexibility index (Phi) is 5.16. The van der Waals surface area contributed by atoms with Crippen molar-refractivity contribution in [2.45, 2.75) is 13.2 Å². The van der Waals surface area contributed by atoms with Crippen LogP contribution >= 0.6 is 11.6 Å². The first-order chi connectivity index (χ1) is 11.2. The molecule has 1 saturated heterocycles. The number of benzene rings is 2. The lowest BCUT2D eigenvalue weighted by Crippen LogP contribution is -2.50. The van der Waals surface area contributed by atoms with Crippen LogP contribution in [0.25, 0.3) is 0 Å². The summed E-state index contributed by atoms with van der Waals surface area (Å²) in [5, 5.41) is 6.69. The molecule has 1 aliphatic rings. The first-order valence-corrected chi connectivity index (χ1v) is 8.04. The molecule has 2 aromatic rings. The standard InChI is InChI=1S/C18H19ClN2O2/c19-16-7-3-4-8-17(16)23-12-14-6-2-1-5-13(14)11-21-18(22)15-9-20-10-15/h1-8,15,20H,9-12H2,(H,21,22). The van der Waals surface area contributed by atoms with Gasteiger partial charge < -0.3 is 15.4 Å². The average molecular weight is 331 g/mol. The van der Waals surface area contributed by atoms with Crippen molar-refractivity contribution >= 4 is 17.5 Å². The highest BCUT2D eigenvalue weighted by molar-refractivity contribution is 6.32. The molecule has 2 N–H and O–H groups in total. The van der Waals surface area contributed by atoms with Gasteiger partial charge in [0.1, 0.15) is 12.4 Å². The Morgan fingerprint density at radius 2 is 1.83 bits per heavy atom. The lowest BCUT2D eigenvalue weighted by atomic mass is 10.0. The van der Waals surface area contributed by atoms with Crippen LogP contribution in [0.1, 0.15) is 11.1 Å². The van der Waals surface area contributed by atoms with Crippen LogP contribution in [0.3, 0.4) is 0 Å². The van der Waals surface area contributed by atoms with Gasteiger partial charge >= 0.3 is 0 Å². The zero-order valence-electron chi connectivity index (χ0n) is 12.7. The zero-order valence-corrected chi connectivity index (χ0v) is 13.5. The first-order valence-electron chi connectivity index (χ1n) is 7.66. The van der Waals surface area contributed by atoms with Crippen molar-refractivity contribution in [3.05, 3.63) is 64.7 Å². The van der Waals surface area contributed by atoms with E-state index in [1.165, 1.54) is 0 Å². The van der Waals surface area contributed by atoms with Gasteiger partial charge in [-0.05, 0) is 23.3 Å². The summed E-state index contributed by atoms with van der Waals surface area (Å²) in [6, 6.07) is 15.3. The molecule has 23 heavy (non-hydrogen) atoms. The Morgan fingerprint density at radius 1 is 1.13 bits per heavy atom. The van der Waals surface area contributed by atoms with Crippen LogP contribution in [-0.4, -0.2) is 19.0 Å². The van der Waals surface area contributed by atoms with Crippen molar-refractivity contribution < 1.29 is 9.53 Å². The molecule has 1 fully saturated rings. The molecule has 0 atom stereocenters. The molecule has 120 valence electrons. The third-order valence-corrected chi connectivity index (χ3v) is 4.26. The van der Waals surface area contributed by atoms with E-state index in [0.717, 1.165) is 24.2 Å². The lowest BCUT2D eigenvalue weighted by molar-refractivity contribution is -0.126. The maximum atomic E-state index is 11.9. The van der Waals surface area contributed by atoms with Crippen LogP contribution in [0.5, 0.6) is 5.75 Å². The fourth-order valence-corrected chi connectivity index (χ4v) is 2.58. The second kappa shape index (κ2) is 7.49. The Hall–Kier alpha value is -2.04. The molecule has 0 unspecified atom stereocenters. The lowest BCUT2D eigenvalue weighted by Gasteiger charge is -2.26. The summed E-state index contributed by atoms with van der Waals surface area (Å²) in [4.78, 5) is 11.9. The molecule has 0 aromatic heterocycles. The summed E-state index contributed by atoms with van der Waals surface area (Å²) in [6.07, 6.45) is 0. The Bertz CT molecular complexity index is 686. The van der Waals surface area contributed by atoms with E-state index in [-0.39, 0.29) is 11.8 Å². The van der Waals surface area contributed by atoms with Gasteiger partial charge in [-0.2, -0.15) is 0 Å². The third-order valence-electron chi connectivity index (χ3n) is 3.94. The monoisotopic (exact) mass is 330 g/mol. The van der Waals surface area contributed by atoms with Gasteiger partial charge in [-0.3, -0.25) is 4.79 Å². The predicted octanol–water partition coefficient (Wildman–Crippen LogP) is 2.75. The molecule has 1 amide bonds. The highest BCUT2D eigenvalue weighted by atomic mass is 35.5. The fraction of sp³-hybridized carbons (Fsp3) is 0.278. The molecule has 1 aliphatic heterocycles. The highest BCUT2D eigenvalue weighted by Crippen LogP contribution is 2.24. The van der Waals surface area contributed by atoms with Crippen LogP contribution in [0.2, 0.25) is 5.02 Å². The van der Waals surface area contributed by atoms with Crippen LogP contribution < -0.4 is 15.4 Å². The van der Waals surface area contributed by atoms with Gasteiger partial charge in [0.05, 0.1) is 10.9 Å². The zero-order chi connectivity index (χ0) is 16.1. The van der Waals surface area contributed by atoms with Crippen LogP contribution in [-0.2, 0) is 17.9 Å². The van der Waals surface area contributed by atoms with E-state index in [1.54, 1.807) is 6.07 Å². The number of rotatable bonds is 6. The Morgan fingerprint density at radius 3 is 2.52 bits per heavy atom. The topological polar surface area (TPSA) is 50.4 Å². The molecule has 1 heterocycles.